The molecule has 1 atom stereocenters. The zero-order valence-electron chi connectivity index (χ0n) is 15.0. The summed E-state index contributed by atoms with van der Waals surface area (Å²) in [7, 11) is 0. The number of para-hydroxylation sites is 1. The fourth-order valence-electron chi connectivity index (χ4n) is 2.23. The molecule has 2 aromatic rings. The van der Waals surface area contributed by atoms with Crippen molar-refractivity contribution in [2.75, 3.05) is 13.2 Å². The molecule has 1 heterocycles. The molecule has 0 aliphatic carbocycles. The predicted molar refractivity (Wildman–Crippen MR) is 89.3 cm³/mol. The van der Waals surface area contributed by atoms with Gasteiger partial charge in [-0.2, -0.15) is 26.3 Å². The van der Waals surface area contributed by atoms with E-state index in [1.54, 1.807) is 6.92 Å². The van der Waals surface area contributed by atoms with Crippen LogP contribution in [0.4, 0.5) is 26.3 Å². The maximum atomic E-state index is 12.9. The van der Waals surface area contributed by atoms with E-state index in [1.165, 1.54) is 24.3 Å². The lowest BCUT2D eigenvalue weighted by molar-refractivity contribution is -0.153. The third-order valence-electron chi connectivity index (χ3n) is 3.53. The van der Waals surface area contributed by atoms with Gasteiger partial charge in [0.05, 0.1) is 23.5 Å². The number of alkyl halides is 6. The van der Waals surface area contributed by atoms with Crippen LogP contribution < -0.4 is 14.8 Å². The Kier molecular flexibility index (Phi) is 6.93. The maximum Gasteiger partial charge on any atom is 0.422 e. The van der Waals surface area contributed by atoms with E-state index in [9.17, 15) is 31.1 Å². The Balaban J connectivity index is 1.90. The van der Waals surface area contributed by atoms with Crippen molar-refractivity contribution in [3.8, 4) is 11.5 Å². The van der Waals surface area contributed by atoms with Crippen molar-refractivity contribution in [3.63, 3.8) is 0 Å². The Morgan fingerprint density at radius 1 is 1.07 bits per heavy atom. The number of carbonyl (C=O) groups excluding carboxylic acids is 1. The van der Waals surface area contributed by atoms with Crippen LogP contribution in [0.15, 0.2) is 42.6 Å². The number of amides is 1. The third kappa shape index (κ3) is 7.16. The first-order chi connectivity index (χ1) is 13.5. The van der Waals surface area contributed by atoms with E-state index in [0.717, 1.165) is 18.3 Å². The van der Waals surface area contributed by atoms with Gasteiger partial charge in [0.15, 0.2) is 13.2 Å². The number of aromatic nitrogens is 1. The molecule has 11 heteroatoms. The summed E-state index contributed by atoms with van der Waals surface area (Å²) in [5.41, 5.74) is -0.689. The average molecular weight is 422 g/mol. The summed E-state index contributed by atoms with van der Waals surface area (Å²) in [6, 6.07) is 6.43. The van der Waals surface area contributed by atoms with Crippen LogP contribution in [0.1, 0.15) is 24.2 Å². The van der Waals surface area contributed by atoms with Gasteiger partial charge in [-0.05, 0) is 31.2 Å². The number of nitrogens with one attached hydrogen (secondary N) is 1. The van der Waals surface area contributed by atoms with Gasteiger partial charge in [0.2, 0.25) is 0 Å². The Morgan fingerprint density at radius 3 is 2.34 bits per heavy atom. The molecule has 0 aliphatic heterocycles. The second-order valence-corrected chi connectivity index (χ2v) is 5.89. The molecule has 2 rings (SSSR count). The molecule has 29 heavy (non-hydrogen) atoms. The number of rotatable bonds is 7. The van der Waals surface area contributed by atoms with Gasteiger partial charge in [-0.3, -0.25) is 9.78 Å². The van der Waals surface area contributed by atoms with E-state index in [2.05, 4.69) is 15.0 Å². The molecule has 0 spiro atoms. The molecule has 0 bridgehead atoms. The van der Waals surface area contributed by atoms with E-state index in [-0.39, 0.29) is 5.75 Å². The first-order valence-corrected chi connectivity index (χ1v) is 8.19. The lowest BCUT2D eigenvalue weighted by Crippen LogP contribution is -2.32. The smallest absolute Gasteiger partial charge is 0.422 e. The summed E-state index contributed by atoms with van der Waals surface area (Å²) < 4.78 is 84.5. The van der Waals surface area contributed by atoms with Crippen molar-refractivity contribution < 1.29 is 40.6 Å². The fourth-order valence-corrected chi connectivity index (χ4v) is 2.23. The van der Waals surface area contributed by atoms with Gasteiger partial charge in [-0.15, -0.1) is 0 Å². The molecule has 0 fully saturated rings. The average Bonchev–Trinajstić information content (AvgIpc) is 2.64. The van der Waals surface area contributed by atoms with Gasteiger partial charge in [-0.1, -0.05) is 12.1 Å². The van der Waals surface area contributed by atoms with Crippen LogP contribution in [-0.2, 0) is 11.0 Å². The van der Waals surface area contributed by atoms with E-state index >= 15 is 0 Å². The van der Waals surface area contributed by atoms with Crippen molar-refractivity contribution in [2.24, 2.45) is 0 Å². The minimum Gasteiger partial charge on any atom is -0.483 e. The van der Waals surface area contributed by atoms with Crippen LogP contribution in [-0.4, -0.2) is 30.3 Å². The van der Waals surface area contributed by atoms with Crippen molar-refractivity contribution in [1.29, 1.82) is 0 Å². The van der Waals surface area contributed by atoms with Crippen molar-refractivity contribution in [2.45, 2.75) is 25.3 Å². The molecule has 5 nitrogen and oxygen atoms in total. The first kappa shape index (κ1) is 22.3. The van der Waals surface area contributed by atoms with E-state index in [0.29, 0.717) is 5.69 Å². The highest BCUT2D eigenvalue weighted by molar-refractivity contribution is 5.78. The second kappa shape index (κ2) is 9.01. The molecule has 1 amide bonds. The van der Waals surface area contributed by atoms with Gasteiger partial charge in [0, 0.05) is 0 Å². The standard InChI is InChI=1S/C18H16F6N2O3/c1-11(14-7-6-12(8-25-14)29-10-17(19,20)21)26-16(27)9-28-15-5-3-2-4-13(15)18(22,23)24/h2-8,11H,9-10H2,1H3,(H,26,27)/t11-/m0/s1. The molecule has 0 saturated heterocycles. The summed E-state index contributed by atoms with van der Waals surface area (Å²) >= 11 is 0. The highest BCUT2D eigenvalue weighted by atomic mass is 19.4. The fraction of sp³-hybridized carbons (Fsp3) is 0.333. The molecule has 1 aromatic carbocycles. The minimum atomic E-state index is -4.62. The highest BCUT2D eigenvalue weighted by Gasteiger charge is 2.34. The third-order valence-corrected chi connectivity index (χ3v) is 3.53. The number of benzene rings is 1. The van der Waals surface area contributed by atoms with Gasteiger partial charge in [-0.25, -0.2) is 0 Å². The molecule has 0 unspecified atom stereocenters. The summed E-state index contributed by atoms with van der Waals surface area (Å²) in [5.74, 6) is -1.28. The molecule has 0 saturated carbocycles. The summed E-state index contributed by atoms with van der Waals surface area (Å²) in [4.78, 5) is 15.8. The van der Waals surface area contributed by atoms with Gasteiger partial charge < -0.3 is 14.8 Å². The topological polar surface area (TPSA) is 60.5 Å². The van der Waals surface area contributed by atoms with Gasteiger partial charge in [0.1, 0.15) is 11.5 Å². The number of nitrogens with zero attached hydrogens (tertiary/aromatic N) is 1. The Morgan fingerprint density at radius 2 is 1.76 bits per heavy atom. The van der Waals surface area contributed by atoms with Crippen LogP contribution >= 0.6 is 0 Å². The number of ether oxygens (including phenoxy) is 2. The second-order valence-electron chi connectivity index (χ2n) is 5.89. The van der Waals surface area contributed by atoms with Gasteiger partial charge >= 0.3 is 12.4 Å². The molecule has 158 valence electrons. The van der Waals surface area contributed by atoms with Gasteiger partial charge in [0.25, 0.3) is 5.91 Å². The quantitative estimate of drug-likeness (QED) is 0.676. The largest absolute Gasteiger partial charge is 0.483 e. The first-order valence-electron chi connectivity index (χ1n) is 8.19. The van der Waals surface area contributed by atoms with Crippen molar-refractivity contribution in [1.82, 2.24) is 10.3 Å². The predicted octanol–water partition coefficient (Wildman–Crippen LogP) is 4.30. The van der Waals surface area contributed by atoms with Crippen LogP contribution in [0.25, 0.3) is 0 Å². The molecule has 0 radical (unpaired) electrons. The van der Waals surface area contributed by atoms with Crippen molar-refractivity contribution in [3.05, 3.63) is 53.9 Å². The SMILES string of the molecule is C[C@H](NC(=O)COc1ccccc1C(F)(F)F)c1ccc(OCC(F)(F)F)cn1. The molecule has 1 N–H and O–H groups in total. The maximum absolute atomic E-state index is 12.9. The van der Waals surface area contributed by atoms with Crippen LogP contribution in [0, 0.1) is 0 Å². The van der Waals surface area contributed by atoms with Crippen LogP contribution in [0.3, 0.4) is 0 Å². The monoisotopic (exact) mass is 422 g/mol. The lowest BCUT2D eigenvalue weighted by atomic mass is 10.2. The van der Waals surface area contributed by atoms with E-state index < -0.39 is 48.8 Å². The lowest BCUT2D eigenvalue weighted by Gasteiger charge is -2.16. The molecular weight excluding hydrogens is 406 g/mol. The molecule has 1 aromatic heterocycles. The normalized spacial score (nSPS) is 12.9. The van der Waals surface area contributed by atoms with E-state index in [4.69, 9.17) is 4.74 Å². The summed E-state index contributed by atoms with van der Waals surface area (Å²) in [5, 5.41) is 2.47. The Labute approximate surface area is 161 Å². The zero-order chi connectivity index (χ0) is 21.7. The number of carbonyl (C=O) groups is 1. The zero-order valence-corrected chi connectivity index (χ0v) is 15.0. The molecule has 0 aliphatic rings. The van der Waals surface area contributed by atoms with E-state index in [1.807, 2.05) is 0 Å². The summed E-state index contributed by atoms with van der Waals surface area (Å²) in [6.45, 7) is -0.582. The Hall–Kier alpha value is -2.98. The van der Waals surface area contributed by atoms with Crippen LogP contribution in [0.2, 0.25) is 0 Å². The number of hydrogen-bond acceptors (Lipinski definition) is 4. The van der Waals surface area contributed by atoms with Crippen molar-refractivity contribution >= 4 is 5.91 Å². The molecular formula is C18H16F6N2O3. The minimum absolute atomic E-state index is 0.100. The Bertz CT molecular complexity index is 822. The number of halogens is 6. The highest BCUT2D eigenvalue weighted by Crippen LogP contribution is 2.35. The number of pyridine rings is 1. The number of hydrogen-bond donors (Lipinski definition) is 1. The summed E-state index contributed by atoms with van der Waals surface area (Å²) in [6.07, 6.45) is -8.04. The van der Waals surface area contributed by atoms with Crippen LogP contribution in [0.5, 0.6) is 11.5 Å².